The summed E-state index contributed by atoms with van der Waals surface area (Å²) in [5, 5.41) is 8.69. The summed E-state index contributed by atoms with van der Waals surface area (Å²) in [6.07, 6.45) is 0.841. The fraction of sp³-hybridized carbons (Fsp3) is 0.800. The Labute approximate surface area is 90.0 Å². The highest BCUT2D eigenvalue weighted by molar-refractivity contribution is 5.83. The van der Waals surface area contributed by atoms with Crippen molar-refractivity contribution in [2.75, 3.05) is 13.7 Å². The molecular formula is C10H19NO4. The van der Waals surface area contributed by atoms with Gasteiger partial charge in [0, 0.05) is 7.05 Å². The Morgan fingerprint density at radius 2 is 1.93 bits per heavy atom. The fourth-order valence-electron chi connectivity index (χ4n) is 0.815. The first-order chi connectivity index (χ1) is 6.90. The minimum Gasteiger partial charge on any atom is -0.480 e. The van der Waals surface area contributed by atoms with Crippen molar-refractivity contribution in [3.8, 4) is 0 Å². The van der Waals surface area contributed by atoms with Crippen molar-refractivity contribution in [1.82, 2.24) is 4.90 Å². The van der Waals surface area contributed by atoms with Crippen LogP contribution < -0.4 is 0 Å². The summed E-state index contributed by atoms with van der Waals surface area (Å²) in [6.45, 7) is 5.22. The van der Waals surface area contributed by atoms with Crippen LogP contribution >= 0.6 is 0 Å². The molecule has 2 atom stereocenters. The van der Waals surface area contributed by atoms with Crippen LogP contribution in [-0.2, 0) is 14.3 Å². The molecule has 0 aliphatic rings. The van der Waals surface area contributed by atoms with E-state index in [0.717, 1.165) is 6.42 Å². The molecule has 88 valence electrons. The number of nitrogens with zero attached hydrogens (tertiary/aromatic N) is 1. The number of aliphatic carboxylic acids is 1. The number of rotatable bonds is 6. The quantitative estimate of drug-likeness (QED) is 0.712. The number of carboxylic acid groups (broad SMARTS) is 1. The van der Waals surface area contributed by atoms with E-state index < -0.39 is 12.0 Å². The Morgan fingerprint density at radius 3 is 2.33 bits per heavy atom. The molecule has 5 heteroatoms. The van der Waals surface area contributed by atoms with E-state index in [0.29, 0.717) is 0 Å². The highest BCUT2D eigenvalue weighted by Crippen LogP contribution is 2.00. The lowest BCUT2D eigenvalue weighted by Gasteiger charge is -2.22. The zero-order valence-corrected chi connectivity index (χ0v) is 9.69. The first kappa shape index (κ1) is 13.9. The molecule has 0 aromatic carbocycles. The number of amides is 1. The van der Waals surface area contributed by atoms with Gasteiger partial charge < -0.3 is 14.7 Å². The molecule has 0 saturated heterocycles. The van der Waals surface area contributed by atoms with Crippen molar-refractivity contribution in [3.63, 3.8) is 0 Å². The van der Waals surface area contributed by atoms with Crippen LogP contribution in [0.25, 0.3) is 0 Å². The second kappa shape index (κ2) is 6.40. The molecule has 0 aliphatic heterocycles. The Bertz CT molecular complexity index is 229. The van der Waals surface area contributed by atoms with Crippen LogP contribution in [-0.4, -0.2) is 47.7 Å². The third-order valence-electron chi connectivity index (χ3n) is 2.40. The van der Waals surface area contributed by atoms with Crippen LogP contribution in [0.3, 0.4) is 0 Å². The maximum absolute atomic E-state index is 11.4. The number of carbonyl (C=O) groups is 2. The van der Waals surface area contributed by atoms with Crippen LogP contribution in [0.15, 0.2) is 0 Å². The Kier molecular flexibility index (Phi) is 5.93. The summed E-state index contributed by atoms with van der Waals surface area (Å²) in [5.74, 6) is -1.33. The van der Waals surface area contributed by atoms with Gasteiger partial charge in [-0.2, -0.15) is 0 Å². The predicted molar refractivity (Wildman–Crippen MR) is 55.6 cm³/mol. The van der Waals surface area contributed by atoms with Gasteiger partial charge in [0.15, 0.2) is 0 Å². The summed E-state index contributed by atoms with van der Waals surface area (Å²) in [6, 6.07) is -0.821. The van der Waals surface area contributed by atoms with Gasteiger partial charge in [-0.25, -0.2) is 4.79 Å². The molecule has 0 radical (unpaired) electrons. The molecule has 0 spiro atoms. The second-order valence-electron chi connectivity index (χ2n) is 3.55. The average Bonchev–Trinajstić information content (AvgIpc) is 2.22. The molecule has 0 aromatic heterocycles. The molecule has 15 heavy (non-hydrogen) atoms. The van der Waals surface area contributed by atoms with Crippen LogP contribution in [0.4, 0.5) is 0 Å². The number of likely N-dealkylation sites (N-methyl/N-ethyl adjacent to an activating group) is 1. The highest BCUT2D eigenvalue weighted by Gasteiger charge is 2.21. The minimum atomic E-state index is -1.02. The monoisotopic (exact) mass is 217 g/mol. The number of ether oxygens (including phenoxy) is 1. The summed E-state index contributed by atoms with van der Waals surface area (Å²) in [5.41, 5.74) is 0. The molecule has 0 fully saturated rings. The van der Waals surface area contributed by atoms with E-state index in [1.165, 1.54) is 18.9 Å². The van der Waals surface area contributed by atoms with Gasteiger partial charge in [0.1, 0.15) is 12.6 Å². The molecule has 0 aliphatic carbocycles. The zero-order chi connectivity index (χ0) is 12.0. The Morgan fingerprint density at radius 1 is 1.40 bits per heavy atom. The molecule has 1 N–H and O–H groups in total. The van der Waals surface area contributed by atoms with Gasteiger partial charge in [-0.15, -0.1) is 0 Å². The second-order valence-corrected chi connectivity index (χ2v) is 3.55. The van der Waals surface area contributed by atoms with Gasteiger partial charge in [0.2, 0.25) is 5.91 Å². The van der Waals surface area contributed by atoms with Gasteiger partial charge in [0.25, 0.3) is 0 Å². The predicted octanol–water partition coefficient (Wildman–Crippen LogP) is 0.733. The van der Waals surface area contributed by atoms with Crippen molar-refractivity contribution in [2.24, 2.45) is 0 Å². The number of carboxylic acids is 1. The first-order valence-corrected chi connectivity index (χ1v) is 5.00. The van der Waals surface area contributed by atoms with Gasteiger partial charge in [-0.1, -0.05) is 6.92 Å². The van der Waals surface area contributed by atoms with E-state index in [2.05, 4.69) is 0 Å². The summed E-state index contributed by atoms with van der Waals surface area (Å²) >= 11 is 0. The van der Waals surface area contributed by atoms with Crippen molar-refractivity contribution >= 4 is 11.9 Å². The first-order valence-electron chi connectivity index (χ1n) is 5.00. The topological polar surface area (TPSA) is 66.8 Å². The van der Waals surface area contributed by atoms with Crippen molar-refractivity contribution in [3.05, 3.63) is 0 Å². The van der Waals surface area contributed by atoms with Crippen molar-refractivity contribution in [1.29, 1.82) is 0 Å². The van der Waals surface area contributed by atoms with Crippen LogP contribution in [0.1, 0.15) is 27.2 Å². The molecule has 2 unspecified atom stereocenters. The number of hydrogen-bond donors (Lipinski definition) is 1. The lowest BCUT2D eigenvalue weighted by molar-refractivity contribution is -0.150. The van der Waals surface area contributed by atoms with Gasteiger partial charge in [-0.05, 0) is 20.3 Å². The van der Waals surface area contributed by atoms with Gasteiger partial charge >= 0.3 is 5.97 Å². The molecule has 1 amide bonds. The highest BCUT2D eigenvalue weighted by atomic mass is 16.5. The zero-order valence-electron chi connectivity index (χ0n) is 9.69. The van der Waals surface area contributed by atoms with Gasteiger partial charge in [0.05, 0.1) is 6.10 Å². The molecule has 5 nitrogen and oxygen atoms in total. The molecule has 0 rings (SSSR count). The standard InChI is InChI=1S/C10H19NO4/c1-5-7(2)15-6-9(12)11(4)8(3)10(13)14/h7-8H,5-6H2,1-4H3,(H,13,14). The normalized spacial score (nSPS) is 14.4. The Hall–Kier alpha value is -1.10. The number of carbonyl (C=O) groups excluding carboxylic acids is 1. The molecule has 0 aromatic rings. The summed E-state index contributed by atoms with van der Waals surface area (Å²) < 4.78 is 5.22. The summed E-state index contributed by atoms with van der Waals surface area (Å²) in [7, 11) is 1.46. The molecule has 0 saturated carbocycles. The third kappa shape index (κ3) is 4.78. The summed E-state index contributed by atoms with van der Waals surface area (Å²) in [4.78, 5) is 23.2. The third-order valence-corrected chi connectivity index (χ3v) is 2.40. The van der Waals surface area contributed by atoms with Crippen LogP contribution in [0.2, 0.25) is 0 Å². The number of hydrogen-bond acceptors (Lipinski definition) is 3. The van der Waals surface area contributed by atoms with E-state index in [9.17, 15) is 9.59 Å². The van der Waals surface area contributed by atoms with Crippen molar-refractivity contribution in [2.45, 2.75) is 39.3 Å². The van der Waals surface area contributed by atoms with Crippen LogP contribution in [0.5, 0.6) is 0 Å². The Balaban J connectivity index is 4.05. The van der Waals surface area contributed by atoms with E-state index >= 15 is 0 Å². The van der Waals surface area contributed by atoms with E-state index in [1.54, 1.807) is 0 Å². The molecule has 0 bridgehead atoms. The maximum atomic E-state index is 11.4. The van der Waals surface area contributed by atoms with Gasteiger partial charge in [-0.3, -0.25) is 4.79 Å². The van der Waals surface area contributed by atoms with Crippen LogP contribution in [0, 0.1) is 0 Å². The largest absolute Gasteiger partial charge is 0.480 e. The molecule has 0 heterocycles. The average molecular weight is 217 g/mol. The maximum Gasteiger partial charge on any atom is 0.326 e. The smallest absolute Gasteiger partial charge is 0.326 e. The fourth-order valence-corrected chi connectivity index (χ4v) is 0.815. The molecular weight excluding hydrogens is 198 g/mol. The lowest BCUT2D eigenvalue weighted by Crippen LogP contribution is -2.42. The minimum absolute atomic E-state index is 0.0162. The lowest BCUT2D eigenvalue weighted by atomic mass is 10.3. The van der Waals surface area contributed by atoms with E-state index in [1.807, 2.05) is 13.8 Å². The van der Waals surface area contributed by atoms with E-state index in [4.69, 9.17) is 9.84 Å². The van der Waals surface area contributed by atoms with E-state index in [-0.39, 0.29) is 18.6 Å². The van der Waals surface area contributed by atoms with Crippen molar-refractivity contribution < 1.29 is 19.4 Å². The SMILES string of the molecule is CCC(C)OCC(=O)N(C)C(C)C(=O)O.